The lowest BCUT2D eigenvalue weighted by atomic mass is 10.1. The monoisotopic (exact) mass is 460 g/mol. The molecule has 0 aliphatic carbocycles. The number of aromatic nitrogens is 2. The van der Waals surface area contributed by atoms with E-state index in [9.17, 15) is 14.7 Å². The van der Waals surface area contributed by atoms with E-state index in [4.69, 9.17) is 9.72 Å². The minimum atomic E-state index is -0.701. The summed E-state index contributed by atoms with van der Waals surface area (Å²) in [6, 6.07) is 24.1. The number of aliphatic hydroxyl groups excluding tert-OH is 1. The normalized spacial score (nSPS) is 11.9. The molecule has 1 heterocycles. The first-order chi connectivity index (χ1) is 16.1. The van der Waals surface area contributed by atoms with E-state index in [0.29, 0.717) is 40.3 Å². The summed E-state index contributed by atoms with van der Waals surface area (Å²) in [5.74, 6) is -0.148. The van der Waals surface area contributed by atoms with E-state index in [1.807, 2.05) is 60.7 Å². The number of hydrogen-bond donors (Lipinski definition) is 1. The second-order valence-electron chi connectivity index (χ2n) is 7.55. The van der Waals surface area contributed by atoms with Gasteiger partial charge in [-0.15, -0.1) is 0 Å². The van der Waals surface area contributed by atoms with Crippen LogP contribution in [-0.2, 0) is 17.7 Å². The van der Waals surface area contributed by atoms with Crippen molar-refractivity contribution in [3.63, 3.8) is 0 Å². The van der Waals surface area contributed by atoms with Crippen LogP contribution in [0.4, 0.5) is 0 Å². The highest BCUT2D eigenvalue weighted by atomic mass is 32.2. The summed E-state index contributed by atoms with van der Waals surface area (Å²) >= 11 is 1.32. The third-order valence-electron chi connectivity index (χ3n) is 5.36. The second kappa shape index (κ2) is 10.5. The fourth-order valence-corrected chi connectivity index (χ4v) is 4.56. The summed E-state index contributed by atoms with van der Waals surface area (Å²) in [6.07, 6.45) is -0.0315. The average Bonchev–Trinajstić information content (AvgIpc) is 2.87. The SMILES string of the molecule is COC(=O)c1ccc2c(=O)n(CCc3ccccc3)c(SC[C@H](O)c3ccccc3)nc2c1. The van der Waals surface area contributed by atoms with E-state index in [1.54, 1.807) is 22.8 Å². The topological polar surface area (TPSA) is 81.4 Å². The summed E-state index contributed by atoms with van der Waals surface area (Å²) < 4.78 is 6.44. The van der Waals surface area contributed by atoms with E-state index >= 15 is 0 Å². The van der Waals surface area contributed by atoms with Crippen LogP contribution < -0.4 is 5.56 Å². The largest absolute Gasteiger partial charge is 0.465 e. The van der Waals surface area contributed by atoms with Crippen LogP contribution in [0.1, 0.15) is 27.6 Å². The Morgan fingerprint density at radius 1 is 1.06 bits per heavy atom. The fourth-order valence-electron chi connectivity index (χ4n) is 3.56. The lowest BCUT2D eigenvalue weighted by Gasteiger charge is -2.15. The van der Waals surface area contributed by atoms with Gasteiger partial charge in [0.25, 0.3) is 5.56 Å². The van der Waals surface area contributed by atoms with Crippen molar-refractivity contribution in [2.75, 3.05) is 12.9 Å². The summed E-state index contributed by atoms with van der Waals surface area (Å²) in [5.41, 5.74) is 2.50. The molecule has 0 radical (unpaired) electrons. The third kappa shape index (κ3) is 5.32. The van der Waals surface area contributed by atoms with Gasteiger partial charge in [0.15, 0.2) is 5.16 Å². The molecule has 1 atom stereocenters. The van der Waals surface area contributed by atoms with Crippen molar-refractivity contribution in [3.05, 3.63) is 106 Å². The van der Waals surface area contributed by atoms with Crippen molar-refractivity contribution in [3.8, 4) is 0 Å². The number of rotatable bonds is 8. The number of carbonyl (C=O) groups is 1. The van der Waals surface area contributed by atoms with E-state index in [1.165, 1.54) is 18.9 Å². The molecule has 4 aromatic rings. The molecule has 0 bridgehead atoms. The zero-order chi connectivity index (χ0) is 23.2. The molecule has 33 heavy (non-hydrogen) atoms. The Labute approximate surface area is 195 Å². The molecule has 1 aromatic heterocycles. The van der Waals surface area contributed by atoms with Crippen LogP contribution in [0.3, 0.4) is 0 Å². The van der Waals surface area contributed by atoms with Gasteiger partial charge in [-0.1, -0.05) is 72.4 Å². The lowest BCUT2D eigenvalue weighted by molar-refractivity contribution is 0.0601. The number of nitrogens with zero attached hydrogens (tertiary/aromatic N) is 2. The van der Waals surface area contributed by atoms with Crippen LogP contribution in [0.25, 0.3) is 10.9 Å². The van der Waals surface area contributed by atoms with E-state index in [2.05, 4.69) is 0 Å². The number of carbonyl (C=O) groups excluding carboxylic acids is 1. The molecule has 0 aliphatic heterocycles. The average molecular weight is 461 g/mol. The molecule has 0 saturated carbocycles. The first-order valence-electron chi connectivity index (χ1n) is 10.6. The molecular weight excluding hydrogens is 436 g/mol. The maximum absolute atomic E-state index is 13.4. The molecule has 168 valence electrons. The summed E-state index contributed by atoms with van der Waals surface area (Å²) in [5, 5.41) is 11.5. The predicted molar refractivity (Wildman–Crippen MR) is 130 cm³/mol. The van der Waals surface area contributed by atoms with Gasteiger partial charge < -0.3 is 9.84 Å². The molecule has 0 spiro atoms. The summed E-state index contributed by atoms with van der Waals surface area (Å²) in [4.78, 5) is 30.0. The van der Waals surface area contributed by atoms with Crippen LogP contribution in [0.5, 0.6) is 0 Å². The molecule has 7 heteroatoms. The van der Waals surface area contributed by atoms with Gasteiger partial charge in [0, 0.05) is 12.3 Å². The van der Waals surface area contributed by atoms with Crippen molar-refractivity contribution in [1.82, 2.24) is 9.55 Å². The molecule has 1 N–H and O–H groups in total. The number of methoxy groups -OCH3 is 1. The third-order valence-corrected chi connectivity index (χ3v) is 6.42. The highest BCUT2D eigenvalue weighted by molar-refractivity contribution is 7.99. The van der Waals surface area contributed by atoms with Crippen molar-refractivity contribution in [2.45, 2.75) is 24.2 Å². The maximum atomic E-state index is 13.4. The minimum absolute atomic E-state index is 0.177. The second-order valence-corrected chi connectivity index (χ2v) is 8.53. The lowest BCUT2D eigenvalue weighted by Crippen LogP contribution is -2.25. The smallest absolute Gasteiger partial charge is 0.337 e. The maximum Gasteiger partial charge on any atom is 0.337 e. The number of aliphatic hydroxyl groups is 1. The zero-order valence-corrected chi connectivity index (χ0v) is 19.0. The fraction of sp³-hybridized carbons (Fsp3) is 0.192. The Morgan fingerprint density at radius 2 is 1.76 bits per heavy atom. The van der Waals surface area contributed by atoms with Gasteiger partial charge in [-0.3, -0.25) is 9.36 Å². The van der Waals surface area contributed by atoms with Crippen LogP contribution in [-0.4, -0.2) is 33.5 Å². The zero-order valence-electron chi connectivity index (χ0n) is 18.2. The molecule has 0 unspecified atom stereocenters. The Balaban J connectivity index is 1.69. The molecule has 0 saturated heterocycles. The highest BCUT2D eigenvalue weighted by Crippen LogP contribution is 2.25. The molecule has 0 fully saturated rings. The van der Waals surface area contributed by atoms with Gasteiger partial charge >= 0.3 is 5.97 Å². The van der Waals surface area contributed by atoms with Crippen molar-refractivity contribution >= 4 is 28.6 Å². The number of ether oxygens (including phenoxy) is 1. The Morgan fingerprint density at radius 3 is 2.45 bits per heavy atom. The molecular formula is C26H24N2O4S. The summed E-state index contributed by atoms with van der Waals surface area (Å²) in [6.45, 7) is 0.453. The van der Waals surface area contributed by atoms with Crippen LogP contribution >= 0.6 is 11.8 Å². The number of esters is 1. The molecule has 6 nitrogen and oxygen atoms in total. The van der Waals surface area contributed by atoms with Crippen LogP contribution in [0, 0.1) is 0 Å². The molecule has 3 aromatic carbocycles. The van der Waals surface area contributed by atoms with Crippen molar-refractivity contribution in [1.29, 1.82) is 0 Å². The number of hydrogen-bond acceptors (Lipinski definition) is 6. The molecule has 0 amide bonds. The quantitative estimate of drug-likeness (QED) is 0.241. The predicted octanol–water partition coefficient (Wildman–Crippen LogP) is 4.25. The number of benzene rings is 3. The number of fused-ring (bicyclic) bond motifs is 1. The van der Waals surface area contributed by atoms with E-state index < -0.39 is 12.1 Å². The van der Waals surface area contributed by atoms with Gasteiger partial charge in [-0.2, -0.15) is 0 Å². The van der Waals surface area contributed by atoms with Crippen molar-refractivity contribution < 1.29 is 14.6 Å². The first kappa shape index (κ1) is 22.8. The Hall–Kier alpha value is -3.42. The molecule has 0 aliphatic rings. The Bertz CT molecular complexity index is 1310. The number of thioether (sulfide) groups is 1. The van der Waals surface area contributed by atoms with Crippen molar-refractivity contribution in [2.24, 2.45) is 0 Å². The minimum Gasteiger partial charge on any atom is -0.465 e. The van der Waals surface area contributed by atoms with Gasteiger partial charge in [0.2, 0.25) is 0 Å². The van der Waals surface area contributed by atoms with Gasteiger partial charge in [-0.25, -0.2) is 9.78 Å². The number of aryl methyl sites for hydroxylation is 1. The van der Waals surface area contributed by atoms with Gasteiger partial charge in [0.05, 0.1) is 29.7 Å². The highest BCUT2D eigenvalue weighted by Gasteiger charge is 2.16. The van der Waals surface area contributed by atoms with E-state index in [0.717, 1.165) is 11.1 Å². The summed E-state index contributed by atoms with van der Waals surface area (Å²) in [7, 11) is 1.31. The molecule has 4 rings (SSSR count). The first-order valence-corrected chi connectivity index (χ1v) is 11.6. The van der Waals surface area contributed by atoms with Gasteiger partial charge in [-0.05, 0) is 35.7 Å². The standard InChI is InChI=1S/C26H24N2O4S/c1-32-25(31)20-12-13-21-22(16-20)27-26(33-17-23(29)19-10-6-3-7-11-19)28(24(21)30)15-14-18-8-4-2-5-9-18/h2-13,16,23,29H,14-15,17H2,1H3/t23-/m0/s1. The Kier molecular flexibility index (Phi) is 7.22. The van der Waals surface area contributed by atoms with Crippen LogP contribution in [0.15, 0.2) is 88.8 Å². The van der Waals surface area contributed by atoms with Crippen LogP contribution in [0.2, 0.25) is 0 Å². The van der Waals surface area contributed by atoms with Gasteiger partial charge in [0.1, 0.15) is 0 Å². The van der Waals surface area contributed by atoms with E-state index in [-0.39, 0.29) is 5.56 Å².